The van der Waals surface area contributed by atoms with Gasteiger partial charge in [-0.05, 0) is 70.4 Å². The fourth-order valence-electron chi connectivity index (χ4n) is 2.81. The van der Waals surface area contributed by atoms with Crippen LogP contribution in [0.1, 0.15) is 30.9 Å². The van der Waals surface area contributed by atoms with Crippen LogP contribution >= 0.6 is 0 Å². The summed E-state index contributed by atoms with van der Waals surface area (Å²) in [5.41, 5.74) is 4.54. The normalized spacial score (nSPS) is 15.0. The van der Waals surface area contributed by atoms with E-state index >= 15 is 0 Å². The van der Waals surface area contributed by atoms with Crippen molar-refractivity contribution in [2.45, 2.75) is 32.6 Å². The topological polar surface area (TPSA) is 6.48 Å². The van der Waals surface area contributed by atoms with Crippen molar-refractivity contribution in [3.8, 4) is 0 Å². The molecule has 100 valence electrons. The fourth-order valence-corrected chi connectivity index (χ4v) is 2.81. The second kappa shape index (κ2) is 6.24. The molecule has 1 aliphatic heterocycles. The minimum atomic E-state index is 1.13. The summed E-state index contributed by atoms with van der Waals surface area (Å²) in [6.07, 6.45) is 5.02. The zero-order chi connectivity index (χ0) is 13.0. The summed E-state index contributed by atoms with van der Waals surface area (Å²) in [5.74, 6) is 0. The molecule has 0 aliphatic carbocycles. The maximum atomic E-state index is 2.50. The Bertz CT molecular complexity index is 385. The first kappa shape index (κ1) is 13.4. The van der Waals surface area contributed by atoms with Crippen LogP contribution < -0.4 is 4.90 Å². The van der Waals surface area contributed by atoms with Crippen LogP contribution in [0.25, 0.3) is 0 Å². The monoisotopic (exact) mass is 246 g/mol. The van der Waals surface area contributed by atoms with Crippen LogP contribution in [-0.4, -0.2) is 38.6 Å². The smallest absolute Gasteiger partial charge is 0.0398 e. The molecule has 0 spiro atoms. The summed E-state index contributed by atoms with van der Waals surface area (Å²) < 4.78 is 0. The van der Waals surface area contributed by atoms with Crippen molar-refractivity contribution in [3.63, 3.8) is 0 Å². The summed E-state index contributed by atoms with van der Waals surface area (Å²) in [4.78, 5) is 4.76. The molecule has 1 aromatic rings. The van der Waals surface area contributed by atoms with Crippen LogP contribution in [0, 0.1) is 0 Å². The maximum Gasteiger partial charge on any atom is 0.0398 e. The van der Waals surface area contributed by atoms with Crippen LogP contribution in [-0.2, 0) is 12.8 Å². The molecule has 0 aromatic heterocycles. The molecule has 0 unspecified atom stereocenters. The van der Waals surface area contributed by atoms with Gasteiger partial charge in [0.25, 0.3) is 0 Å². The number of benzene rings is 1. The SMILES string of the molecule is CCN1CCCc2cc(CCCN(C)C)ccc21. The van der Waals surface area contributed by atoms with E-state index < -0.39 is 0 Å². The van der Waals surface area contributed by atoms with E-state index in [4.69, 9.17) is 0 Å². The van der Waals surface area contributed by atoms with E-state index in [1.165, 1.54) is 50.0 Å². The zero-order valence-corrected chi connectivity index (χ0v) is 12.1. The Morgan fingerprint density at radius 3 is 2.83 bits per heavy atom. The Hall–Kier alpha value is -1.02. The van der Waals surface area contributed by atoms with Gasteiger partial charge in [0.05, 0.1) is 0 Å². The minimum Gasteiger partial charge on any atom is -0.372 e. The Labute approximate surface area is 112 Å². The Morgan fingerprint density at radius 1 is 1.28 bits per heavy atom. The molecule has 0 fully saturated rings. The van der Waals surface area contributed by atoms with Crippen LogP contribution in [0.2, 0.25) is 0 Å². The maximum absolute atomic E-state index is 2.50. The van der Waals surface area contributed by atoms with Gasteiger partial charge in [0.1, 0.15) is 0 Å². The Morgan fingerprint density at radius 2 is 2.11 bits per heavy atom. The molecule has 1 aliphatic rings. The summed E-state index contributed by atoms with van der Waals surface area (Å²) in [5, 5.41) is 0. The molecule has 0 N–H and O–H groups in total. The second-order valence-electron chi connectivity index (χ2n) is 5.55. The van der Waals surface area contributed by atoms with Crippen molar-refractivity contribution < 1.29 is 0 Å². The lowest BCUT2D eigenvalue weighted by Crippen LogP contribution is -2.28. The highest BCUT2D eigenvalue weighted by Gasteiger charge is 2.15. The van der Waals surface area contributed by atoms with Crippen LogP contribution in [0.4, 0.5) is 5.69 Å². The van der Waals surface area contributed by atoms with Gasteiger partial charge in [-0.2, -0.15) is 0 Å². The van der Waals surface area contributed by atoms with Gasteiger partial charge in [-0.3, -0.25) is 0 Å². The average Bonchev–Trinajstić information content (AvgIpc) is 2.37. The van der Waals surface area contributed by atoms with Crippen molar-refractivity contribution in [1.82, 2.24) is 4.90 Å². The van der Waals surface area contributed by atoms with E-state index in [0.717, 1.165) is 6.54 Å². The molecule has 2 rings (SSSR count). The molecule has 18 heavy (non-hydrogen) atoms. The van der Waals surface area contributed by atoms with Gasteiger partial charge in [0.15, 0.2) is 0 Å². The second-order valence-corrected chi connectivity index (χ2v) is 5.55. The first-order valence-electron chi connectivity index (χ1n) is 7.22. The number of rotatable bonds is 5. The molecule has 0 saturated heterocycles. The first-order valence-corrected chi connectivity index (χ1v) is 7.22. The Kier molecular flexibility index (Phi) is 4.65. The highest BCUT2D eigenvalue weighted by molar-refractivity contribution is 5.56. The lowest BCUT2D eigenvalue weighted by Gasteiger charge is -2.30. The number of aryl methyl sites for hydroxylation is 2. The third-order valence-corrected chi connectivity index (χ3v) is 3.81. The van der Waals surface area contributed by atoms with Crippen LogP contribution in [0.5, 0.6) is 0 Å². The number of hydrogen-bond acceptors (Lipinski definition) is 2. The zero-order valence-electron chi connectivity index (χ0n) is 12.1. The molecule has 1 aromatic carbocycles. The predicted octanol–water partition coefficient (Wildman–Crippen LogP) is 2.95. The molecular formula is C16H26N2. The van der Waals surface area contributed by atoms with Gasteiger partial charge >= 0.3 is 0 Å². The van der Waals surface area contributed by atoms with Crippen LogP contribution in [0.15, 0.2) is 18.2 Å². The van der Waals surface area contributed by atoms with E-state index in [2.05, 4.69) is 49.0 Å². The quantitative estimate of drug-likeness (QED) is 0.788. The number of fused-ring (bicyclic) bond motifs is 1. The van der Waals surface area contributed by atoms with Crippen molar-refractivity contribution in [1.29, 1.82) is 0 Å². The molecule has 0 saturated carbocycles. The van der Waals surface area contributed by atoms with Crippen molar-refractivity contribution in [2.24, 2.45) is 0 Å². The average molecular weight is 246 g/mol. The van der Waals surface area contributed by atoms with Gasteiger partial charge in [-0.25, -0.2) is 0 Å². The number of nitrogens with zero attached hydrogens (tertiary/aromatic N) is 2. The van der Waals surface area contributed by atoms with Gasteiger partial charge in [0.2, 0.25) is 0 Å². The van der Waals surface area contributed by atoms with Crippen LogP contribution in [0.3, 0.4) is 0 Å². The molecule has 2 heteroatoms. The van der Waals surface area contributed by atoms with E-state index in [9.17, 15) is 0 Å². The molecule has 2 nitrogen and oxygen atoms in total. The van der Waals surface area contributed by atoms with E-state index in [0.29, 0.717) is 0 Å². The Balaban J connectivity index is 2.02. The highest BCUT2D eigenvalue weighted by Crippen LogP contribution is 2.28. The summed E-state index contributed by atoms with van der Waals surface area (Å²) in [6, 6.07) is 7.10. The van der Waals surface area contributed by atoms with E-state index in [1.807, 2.05) is 0 Å². The largest absolute Gasteiger partial charge is 0.372 e. The predicted molar refractivity (Wildman–Crippen MR) is 79.5 cm³/mol. The molecule has 1 heterocycles. The molecule has 0 bridgehead atoms. The number of anilines is 1. The fraction of sp³-hybridized carbons (Fsp3) is 0.625. The standard InChI is InChI=1S/C16H26N2/c1-4-18-12-6-8-15-13-14(9-10-16(15)18)7-5-11-17(2)3/h9-10,13H,4-8,11-12H2,1-3H3. The lowest BCUT2D eigenvalue weighted by molar-refractivity contribution is 0.400. The lowest BCUT2D eigenvalue weighted by atomic mass is 9.97. The summed E-state index contributed by atoms with van der Waals surface area (Å²) >= 11 is 0. The minimum absolute atomic E-state index is 1.13. The molecule has 0 atom stereocenters. The summed E-state index contributed by atoms with van der Waals surface area (Å²) in [7, 11) is 4.29. The third-order valence-electron chi connectivity index (χ3n) is 3.81. The van der Waals surface area contributed by atoms with Gasteiger partial charge < -0.3 is 9.80 Å². The first-order chi connectivity index (χ1) is 8.70. The molecular weight excluding hydrogens is 220 g/mol. The van der Waals surface area contributed by atoms with Gasteiger partial charge in [-0.15, -0.1) is 0 Å². The highest BCUT2D eigenvalue weighted by atomic mass is 15.1. The van der Waals surface area contributed by atoms with Crippen molar-refractivity contribution in [2.75, 3.05) is 38.6 Å². The van der Waals surface area contributed by atoms with Gasteiger partial charge in [-0.1, -0.05) is 12.1 Å². The molecule has 0 radical (unpaired) electrons. The van der Waals surface area contributed by atoms with Gasteiger partial charge in [0, 0.05) is 18.8 Å². The number of hydrogen-bond donors (Lipinski definition) is 0. The van der Waals surface area contributed by atoms with Crippen molar-refractivity contribution in [3.05, 3.63) is 29.3 Å². The third kappa shape index (κ3) is 3.26. The van der Waals surface area contributed by atoms with E-state index in [-0.39, 0.29) is 0 Å². The van der Waals surface area contributed by atoms with E-state index in [1.54, 1.807) is 5.56 Å². The van der Waals surface area contributed by atoms with Crippen molar-refractivity contribution >= 4 is 5.69 Å². The molecule has 0 amide bonds. The summed E-state index contributed by atoms with van der Waals surface area (Å²) in [6.45, 7) is 5.79.